The van der Waals surface area contributed by atoms with Crippen LogP contribution < -0.4 is 10.6 Å². The van der Waals surface area contributed by atoms with Crippen LogP contribution in [0.1, 0.15) is 44.2 Å². The highest BCUT2D eigenvalue weighted by molar-refractivity contribution is 5.62. The summed E-state index contributed by atoms with van der Waals surface area (Å²) in [7, 11) is 0. The number of nitrogen functional groups attached to an aromatic ring is 1. The van der Waals surface area contributed by atoms with Crippen LogP contribution in [0.15, 0.2) is 0 Å². The number of rotatable bonds is 2. The average Bonchev–Trinajstić information content (AvgIpc) is 2.45. The summed E-state index contributed by atoms with van der Waals surface area (Å²) < 4.78 is 0. The number of hydrogen-bond acceptors (Lipinski definition) is 6. The highest BCUT2D eigenvalue weighted by Gasteiger charge is 2.37. The van der Waals surface area contributed by atoms with Crippen molar-refractivity contribution in [2.75, 3.05) is 17.2 Å². The summed E-state index contributed by atoms with van der Waals surface area (Å²) in [5.41, 5.74) is 6.09. The molecule has 1 aromatic rings. The van der Waals surface area contributed by atoms with Crippen molar-refractivity contribution in [3.63, 3.8) is 0 Å². The number of piperidine rings is 1. The lowest BCUT2D eigenvalue weighted by Gasteiger charge is -2.44. The largest absolute Gasteiger partial charge is 0.368 e. The molecule has 7 heteroatoms. The van der Waals surface area contributed by atoms with E-state index in [-0.39, 0.29) is 16.6 Å². The van der Waals surface area contributed by atoms with E-state index in [2.05, 4.69) is 14.9 Å². The predicted molar refractivity (Wildman–Crippen MR) is 80.2 cm³/mol. The first-order chi connectivity index (χ1) is 10.1. The lowest BCUT2D eigenvalue weighted by atomic mass is 9.78. The molecule has 0 radical (unpaired) electrons. The molecule has 1 saturated heterocycles. The van der Waals surface area contributed by atoms with Gasteiger partial charge >= 0.3 is 5.69 Å². The number of aromatic nitrogens is 2. The molecule has 1 aliphatic carbocycles. The molecule has 2 N–H and O–H groups in total. The van der Waals surface area contributed by atoms with Crippen molar-refractivity contribution in [2.45, 2.75) is 51.5 Å². The normalized spacial score (nSPS) is 25.5. The summed E-state index contributed by atoms with van der Waals surface area (Å²) in [5.74, 6) is 1.16. The molecule has 2 atom stereocenters. The maximum absolute atomic E-state index is 11.4. The Balaban J connectivity index is 2.04. The number of hydrogen-bond donors (Lipinski definition) is 1. The van der Waals surface area contributed by atoms with Gasteiger partial charge in [0.15, 0.2) is 0 Å². The number of anilines is 2. The molecule has 0 spiro atoms. The van der Waals surface area contributed by atoms with E-state index in [1.807, 2.05) is 0 Å². The molecule has 2 aliphatic rings. The third-order valence-electron chi connectivity index (χ3n) is 4.76. The maximum atomic E-state index is 11.4. The lowest BCUT2D eigenvalue weighted by Crippen LogP contribution is -2.47. The molecule has 0 aromatic carbocycles. The highest BCUT2D eigenvalue weighted by Crippen LogP contribution is 2.40. The maximum Gasteiger partial charge on any atom is 0.332 e. The number of aryl methyl sites for hydroxylation is 1. The molecule has 3 rings (SSSR count). The number of nitrogens with zero attached hydrogens (tertiary/aromatic N) is 4. The van der Waals surface area contributed by atoms with Crippen molar-refractivity contribution in [3.05, 3.63) is 15.8 Å². The van der Waals surface area contributed by atoms with E-state index in [1.54, 1.807) is 6.92 Å². The molecule has 114 valence electrons. The Labute approximate surface area is 123 Å². The average molecular weight is 291 g/mol. The van der Waals surface area contributed by atoms with Crippen molar-refractivity contribution < 1.29 is 4.92 Å². The number of nitro groups is 1. The van der Waals surface area contributed by atoms with Gasteiger partial charge in [0, 0.05) is 12.6 Å². The van der Waals surface area contributed by atoms with Gasteiger partial charge in [-0.15, -0.1) is 0 Å². The topological polar surface area (TPSA) is 98.2 Å². The Morgan fingerprint density at radius 2 is 1.95 bits per heavy atom. The summed E-state index contributed by atoms with van der Waals surface area (Å²) in [6.07, 6.45) is 7.03. The second kappa shape index (κ2) is 5.46. The fourth-order valence-electron chi connectivity index (χ4n) is 3.87. The van der Waals surface area contributed by atoms with Crippen LogP contribution in [0.5, 0.6) is 0 Å². The summed E-state index contributed by atoms with van der Waals surface area (Å²) in [5, 5.41) is 11.4. The van der Waals surface area contributed by atoms with E-state index in [0.29, 0.717) is 23.5 Å². The van der Waals surface area contributed by atoms with Crippen LogP contribution in [-0.4, -0.2) is 27.5 Å². The zero-order valence-corrected chi connectivity index (χ0v) is 12.3. The van der Waals surface area contributed by atoms with Crippen LogP contribution in [0.2, 0.25) is 0 Å². The summed E-state index contributed by atoms with van der Waals surface area (Å²) in [6, 6.07) is 0.361. The standard InChI is InChI=1S/C14H21N5O2/c1-9-12(19(20)21)13(17-14(15)16-9)18-8-4-6-10-5-2-3-7-11(10)18/h10-11H,2-8H2,1H3,(H2,15,16,17)/t10-,11-/m1/s1. The van der Waals surface area contributed by atoms with E-state index in [9.17, 15) is 10.1 Å². The molecule has 2 heterocycles. The Hall–Kier alpha value is -1.92. The minimum atomic E-state index is -0.378. The molecule has 0 bridgehead atoms. The fourth-order valence-corrected chi connectivity index (χ4v) is 3.87. The first kappa shape index (κ1) is 14.0. The van der Waals surface area contributed by atoms with Crippen molar-refractivity contribution in [3.8, 4) is 0 Å². The molecule has 0 unspecified atom stereocenters. The molecule has 1 aromatic heterocycles. The van der Waals surface area contributed by atoms with Gasteiger partial charge in [0.05, 0.1) is 4.92 Å². The van der Waals surface area contributed by atoms with Gasteiger partial charge in [0.25, 0.3) is 0 Å². The van der Waals surface area contributed by atoms with Gasteiger partial charge in [0.2, 0.25) is 11.8 Å². The molecule has 2 fully saturated rings. The van der Waals surface area contributed by atoms with Crippen molar-refractivity contribution in [1.82, 2.24) is 9.97 Å². The van der Waals surface area contributed by atoms with E-state index < -0.39 is 0 Å². The summed E-state index contributed by atoms with van der Waals surface area (Å²) >= 11 is 0. The van der Waals surface area contributed by atoms with Crippen LogP contribution in [0, 0.1) is 23.0 Å². The van der Waals surface area contributed by atoms with Gasteiger partial charge in [0.1, 0.15) is 5.69 Å². The molecule has 7 nitrogen and oxygen atoms in total. The van der Waals surface area contributed by atoms with E-state index >= 15 is 0 Å². The van der Waals surface area contributed by atoms with Gasteiger partial charge in [-0.2, -0.15) is 4.98 Å². The first-order valence-electron chi connectivity index (χ1n) is 7.63. The summed E-state index contributed by atoms with van der Waals surface area (Å²) in [6.45, 7) is 2.44. The van der Waals surface area contributed by atoms with Crippen LogP contribution >= 0.6 is 0 Å². The van der Waals surface area contributed by atoms with Crippen molar-refractivity contribution in [1.29, 1.82) is 0 Å². The van der Waals surface area contributed by atoms with Crippen LogP contribution in [-0.2, 0) is 0 Å². The van der Waals surface area contributed by atoms with Crippen LogP contribution in [0.25, 0.3) is 0 Å². The minimum Gasteiger partial charge on any atom is -0.368 e. The summed E-state index contributed by atoms with van der Waals surface area (Å²) in [4.78, 5) is 21.3. The van der Waals surface area contributed by atoms with Gasteiger partial charge in [-0.25, -0.2) is 4.98 Å². The quantitative estimate of drug-likeness (QED) is 0.663. The van der Waals surface area contributed by atoms with Crippen LogP contribution in [0.3, 0.4) is 0 Å². The lowest BCUT2D eigenvalue weighted by molar-refractivity contribution is -0.385. The van der Waals surface area contributed by atoms with E-state index in [0.717, 1.165) is 19.4 Å². The third-order valence-corrected chi connectivity index (χ3v) is 4.76. The van der Waals surface area contributed by atoms with E-state index in [1.165, 1.54) is 25.7 Å². The molecule has 21 heavy (non-hydrogen) atoms. The van der Waals surface area contributed by atoms with Crippen LogP contribution in [0.4, 0.5) is 17.5 Å². The van der Waals surface area contributed by atoms with Gasteiger partial charge in [-0.3, -0.25) is 10.1 Å². The number of fused-ring (bicyclic) bond motifs is 1. The Morgan fingerprint density at radius 1 is 1.24 bits per heavy atom. The second-order valence-electron chi connectivity index (χ2n) is 6.04. The second-order valence-corrected chi connectivity index (χ2v) is 6.04. The zero-order valence-electron chi connectivity index (χ0n) is 12.3. The molecule has 0 amide bonds. The Kier molecular flexibility index (Phi) is 3.65. The molecule has 1 aliphatic heterocycles. The van der Waals surface area contributed by atoms with Crippen molar-refractivity contribution >= 4 is 17.5 Å². The van der Waals surface area contributed by atoms with Gasteiger partial charge in [-0.1, -0.05) is 12.8 Å². The molecule has 1 saturated carbocycles. The first-order valence-corrected chi connectivity index (χ1v) is 7.63. The fraction of sp³-hybridized carbons (Fsp3) is 0.714. The molecular weight excluding hydrogens is 270 g/mol. The van der Waals surface area contributed by atoms with Gasteiger partial charge < -0.3 is 10.6 Å². The number of nitrogens with two attached hydrogens (primary N) is 1. The van der Waals surface area contributed by atoms with E-state index in [4.69, 9.17) is 5.73 Å². The third kappa shape index (κ3) is 2.52. The Morgan fingerprint density at radius 3 is 2.71 bits per heavy atom. The highest BCUT2D eigenvalue weighted by atomic mass is 16.6. The molecular formula is C14H21N5O2. The smallest absolute Gasteiger partial charge is 0.332 e. The predicted octanol–water partition coefficient (Wildman–Crippen LogP) is 2.43. The SMILES string of the molecule is Cc1nc(N)nc(N2CCC[C@H]3CCCC[C@H]32)c1[N+](=O)[O-]. The zero-order chi connectivity index (χ0) is 15.0. The van der Waals surface area contributed by atoms with Crippen molar-refractivity contribution in [2.24, 2.45) is 5.92 Å². The Bertz CT molecular complexity index is 561. The minimum absolute atomic E-state index is 0.00965. The van der Waals surface area contributed by atoms with Gasteiger partial charge in [-0.05, 0) is 38.5 Å². The monoisotopic (exact) mass is 291 g/mol.